The van der Waals surface area contributed by atoms with Gasteiger partial charge in [-0.2, -0.15) is 0 Å². The van der Waals surface area contributed by atoms with Gasteiger partial charge in [-0.15, -0.1) is 10.2 Å². The third kappa shape index (κ3) is 1.58. The molecule has 0 aliphatic carbocycles. The quantitative estimate of drug-likeness (QED) is 0.772. The number of nitrogens with zero attached hydrogens (tertiary/aromatic N) is 3. The van der Waals surface area contributed by atoms with Crippen molar-refractivity contribution in [3.63, 3.8) is 0 Å². The Morgan fingerprint density at radius 2 is 2.07 bits per heavy atom. The van der Waals surface area contributed by atoms with Crippen molar-refractivity contribution in [2.45, 2.75) is 13.8 Å². The molecule has 0 saturated carbocycles. The summed E-state index contributed by atoms with van der Waals surface area (Å²) in [7, 11) is 0. The van der Waals surface area contributed by atoms with Crippen LogP contribution < -0.4 is 5.73 Å². The lowest BCUT2D eigenvalue weighted by Crippen LogP contribution is -1.92. The van der Waals surface area contributed by atoms with E-state index in [0.717, 1.165) is 21.1 Å². The first kappa shape index (κ1) is 9.08. The monoisotopic (exact) mass is 206 g/mol. The van der Waals surface area contributed by atoms with Gasteiger partial charge in [-0.3, -0.25) is 0 Å². The maximum absolute atomic E-state index is 5.57. The van der Waals surface area contributed by atoms with Gasteiger partial charge in [0.2, 0.25) is 0 Å². The third-order valence-corrected chi connectivity index (χ3v) is 2.76. The second-order valence-corrected chi connectivity index (χ2v) is 4.23. The molecule has 2 N–H and O–H groups in total. The first-order valence-corrected chi connectivity index (χ1v) is 5.01. The standard InChI is InChI=1S/C9H10N4S/c1-5-3-8(10)11-4-7(5)9-13-12-6(2)14-9/h3-4H,1-2H3,(H2,10,11). The topological polar surface area (TPSA) is 64.7 Å². The predicted octanol–water partition coefficient (Wildman–Crippen LogP) is 1.80. The van der Waals surface area contributed by atoms with Gasteiger partial charge >= 0.3 is 0 Å². The van der Waals surface area contributed by atoms with Crippen molar-refractivity contribution in [2.24, 2.45) is 0 Å². The van der Waals surface area contributed by atoms with Gasteiger partial charge < -0.3 is 5.73 Å². The fraction of sp³-hybridized carbons (Fsp3) is 0.222. The summed E-state index contributed by atoms with van der Waals surface area (Å²) in [6.07, 6.45) is 1.74. The van der Waals surface area contributed by atoms with Gasteiger partial charge in [0, 0.05) is 11.8 Å². The van der Waals surface area contributed by atoms with Crippen LogP contribution in [0.3, 0.4) is 0 Å². The van der Waals surface area contributed by atoms with E-state index < -0.39 is 0 Å². The molecule has 0 amide bonds. The van der Waals surface area contributed by atoms with Crippen molar-refractivity contribution in [3.8, 4) is 10.6 Å². The molecule has 0 radical (unpaired) electrons. The zero-order valence-corrected chi connectivity index (χ0v) is 8.80. The van der Waals surface area contributed by atoms with Crippen LogP contribution in [0.15, 0.2) is 12.3 Å². The van der Waals surface area contributed by atoms with Gasteiger partial charge in [0.1, 0.15) is 15.8 Å². The Balaban J connectivity index is 2.52. The number of pyridine rings is 1. The van der Waals surface area contributed by atoms with Gasteiger partial charge in [-0.05, 0) is 25.5 Å². The van der Waals surface area contributed by atoms with Crippen LogP contribution in [0.4, 0.5) is 5.82 Å². The average Bonchev–Trinajstić information content (AvgIpc) is 2.51. The number of rotatable bonds is 1. The van der Waals surface area contributed by atoms with E-state index in [-0.39, 0.29) is 0 Å². The molecular weight excluding hydrogens is 196 g/mol. The SMILES string of the molecule is Cc1nnc(-c2cnc(N)cc2C)s1. The summed E-state index contributed by atoms with van der Waals surface area (Å²) in [4.78, 5) is 4.04. The van der Waals surface area contributed by atoms with Crippen LogP contribution in [0.2, 0.25) is 0 Å². The highest BCUT2D eigenvalue weighted by molar-refractivity contribution is 7.14. The Kier molecular flexibility index (Phi) is 2.17. The van der Waals surface area contributed by atoms with Crippen molar-refractivity contribution in [3.05, 3.63) is 22.8 Å². The summed E-state index contributed by atoms with van der Waals surface area (Å²) in [5.74, 6) is 0.535. The van der Waals surface area contributed by atoms with E-state index in [4.69, 9.17) is 5.73 Å². The van der Waals surface area contributed by atoms with Crippen LogP contribution in [-0.2, 0) is 0 Å². The second-order valence-electron chi connectivity index (χ2n) is 3.05. The van der Waals surface area contributed by atoms with E-state index in [2.05, 4.69) is 15.2 Å². The van der Waals surface area contributed by atoms with Crippen molar-refractivity contribution >= 4 is 17.2 Å². The maximum Gasteiger partial charge on any atom is 0.149 e. The van der Waals surface area contributed by atoms with Gasteiger partial charge in [0.15, 0.2) is 0 Å². The van der Waals surface area contributed by atoms with E-state index in [1.807, 2.05) is 19.9 Å². The van der Waals surface area contributed by atoms with Crippen LogP contribution in [0, 0.1) is 13.8 Å². The lowest BCUT2D eigenvalue weighted by molar-refractivity contribution is 1.05. The molecule has 0 bridgehead atoms. The molecule has 0 aromatic carbocycles. The molecular formula is C9H10N4S. The van der Waals surface area contributed by atoms with Gasteiger partial charge in [-0.25, -0.2) is 4.98 Å². The highest BCUT2D eigenvalue weighted by Gasteiger charge is 2.07. The number of aromatic nitrogens is 3. The Morgan fingerprint density at radius 3 is 2.64 bits per heavy atom. The second kappa shape index (κ2) is 3.34. The summed E-state index contributed by atoms with van der Waals surface area (Å²) in [5, 5.41) is 9.88. The van der Waals surface area contributed by atoms with Crippen LogP contribution in [0.25, 0.3) is 10.6 Å². The summed E-state index contributed by atoms with van der Waals surface area (Å²) >= 11 is 1.56. The minimum atomic E-state index is 0.535. The first-order chi connectivity index (χ1) is 6.66. The molecule has 0 saturated heterocycles. The summed E-state index contributed by atoms with van der Waals surface area (Å²) in [6.45, 7) is 3.92. The molecule has 4 nitrogen and oxygen atoms in total. The lowest BCUT2D eigenvalue weighted by atomic mass is 10.2. The normalized spacial score (nSPS) is 10.4. The van der Waals surface area contributed by atoms with Crippen LogP contribution in [0.1, 0.15) is 10.6 Å². The lowest BCUT2D eigenvalue weighted by Gasteiger charge is -2.00. The van der Waals surface area contributed by atoms with Gasteiger partial charge in [0.25, 0.3) is 0 Å². The van der Waals surface area contributed by atoms with Crippen molar-refractivity contribution < 1.29 is 0 Å². The fourth-order valence-corrected chi connectivity index (χ4v) is 1.97. The molecule has 2 aromatic rings. The predicted molar refractivity (Wildman–Crippen MR) is 57.0 cm³/mol. The first-order valence-electron chi connectivity index (χ1n) is 4.19. The molecule has 14 heavy (non-hydrogen) atoms. The number of hydrogen-bond acceptors (Lipinski definition) is 5. The largest absolute Gasteiger partial charge is 0.384 e. The molecule has 0 unspecified atom stereocenters. The molecule has 2 aromatic heterocycles. The smallest absolute Gasteiger partial charge is 0.149 e. The van der Waals surface area contributed by atoms with E-state index in [1.54, 1.807) is 17.5 Å². The molecule has 5 heteroatoms. The van der Waals surface area contributed by atoms with E-state index >= 15 is 0 Å². The van der Waals surface area contributed by atoms with E-state index in [1.165, 1.54) is 0 Å². The van der Waals surface area contributed by atoms with Crippen LogP contribution in [0.5, 0.6) is 0 Å². The Bertz CT molecular complexity index is 464. The Hall–Kier alpha value is -1.49. The Morgan fingerprint density at radius 1 is 1.29 bits per heavy atom. The molecule has 0 aliphatic heterocycles. The molecule has 0 aliphatic rings. The third-order valence-electron chi connectivity index (χ3n) is 1.89. The van der Waals surface area contributed by atoms with Crippen molar-refractivity contribution in [1.82, 2.24) is 15.2 Å². The van der Waals surface area contributed by atoms with Crippen LogP contribution in [-0.4, -0.2) is 15.2 Å². The average molecular weight is 206 g/mol. The van der Waals surface area contributed by atoms with Crippen molar-refractivity contribution in [1.29, 1.82) is 0 Å². The maximum atomic E-state index is 5.57. The molecule has 0 fully saturated rings. The molecule has 0 spiro atoms. The summed E-state index contributed by atoms with van der Waals surface area (Å²) in [6, 6.07) is 1.84. The highest BCUT2D eigenvalue weighted by atomic mass is 32.1. The fourth-order valence-electron chi connectivity index (χ4n) is 1.21. The number of aryl methyl sites for hydroxylation is 2. The zero-order chi connectivity index (χ0) is 10.1. The molecule has 72 valence electrons. The van der Waals surface area contributed by atoms with Gasteiger partial charge in [0.05, 0.1) is 0 Å². The number of hydrogen-bond donors (Lipinski definition) is 1. The summed E-state index contributed by atoms with van der Waals surface area (Å²) < 4.78 is 0. The number of nitrogens with two attached hydrogens (primary N) is 1. The van der Waals surface area contributed by atoms with E-state index in [0.29, 0.717) is 5.82 Å². The number of anilines is 1. The summed E-state index contributed by atoms with van der Waals surface area (Å²) in [5.41, 5.74) is 7.65. The molecule has 2 heterocycles. The van der Waals surface area contributed by atoms with E-state index in [9.17, 15) is 0 Å². The molecule has 0 atom stereocenters. The van der Waals surface area contributed by atoms with Crippen molar-refractivity contribution in [2.75, 3.05) is 5.73 Å². The van der Waals surface area contributed by atoms with Gasteiger partial charge in [-0.1, -0.05) is 11.3 Å². The minimum absolute atomic E-state index is 0.535. The number of nitrogen functional groups attached to an aromatic ring is 1. The highest BCUT2D eigenvalue weighted by Crippen LogP contribution is 2.26. The Labute approximate surface area is 85.8 Å². The minimum Gasteiger partial charge on any atom is -0.384 e. The molecule has 2 rings (SSSR count). The van der Waals surface area contributed by atoms with Crippen LogP contribution >= 0.6 is 11.3 Å². The zero-order valence-electron chi connectivity index (χ0n) is 7.98.